The highest BCUT2D eigenvalue weighted by molar-refractivity contribution is 8.26. The van der Waals surface area contributed by atoms with Gasteiger partial charge in [0.25, 0.3) is 5.91 Å². The summed E-state index contributed by atoms with van der Waals surface area (Å²) in [7, 11) is 0. The second-order valence-corrected chi connectivity index (χ2v) is 11.8. The topological polar surface area (TPSA) is 77.0 Å². The molecule has 1 aromatic heterocycles. The van der Waals surface area contributed by atoms with Gasteiger partial charge in [0.2, 0.25) is 0 Å². The molecule has 6 rings (SSSR count). The Kier molecular flexibility index (Phi) is 6.91. The number of nitrogens with zero attached hydrogens (tertiary/aromatic N) is 4. The Bertz CT molecular complexity index is 1750. The monoisotopic (exact) mass is 584 g/mol. The van der Waals surface area contributed by atoms with Gasteiger partial charge in [-0.1, -0.05) is 42.2 Å². The Labute approximate surface area is 245 Å². The number of hydrogen-bond donors (Lipinski definition) is 1. The van der Waals surface area contributed by atoms with Gasteiger partial charge in [-0.25, -0.2) is 9.78 Å². The van der Waals surface area contributed by atoms with Gasteiger partial charge in [0.1, 0.15) is 15.1 Å². The summed E-state index contributed by atoms with van der Waals surface area (Å²) < 4.78 is 1.41. The fraction of sp³-hybridized carbons (Fsp3) is 0.133. The summed E-state index contributed by atoms with van der Waals surface area (Å²) >= 11 is 8.21. The van der Waals surface area contributed by atoms with Gasteiger partial charge >= 0.3 is 5.97 Å². The maximum absolute atomic E-state index is 12.9. The molecule has 7 nitrogen and oxygen atoms in total. The van der Waals surface area contributed by atoms with Gasteiger partial charge in [-0.3, -0.25) is 14.6 Å². The molecule has 1 fully saturated rings. The van der Waals surface area contributed by atoms with Gasteiger partial charge in [-0.15, -0.1) is 11.3 Å². The van der Waals surface area contributed by atoms with Gasteiger partial charge < -0.3 is 10.0 Å². The van der Waals surface area contributed by atoms with Crippen LogP contribution in [0.4, 0.5) is 17.1 Å². The van der Waals surface area contributed by atoms with Gasteiger partial charge in [0, 0.05) is 24.3 Å². The summed E-state index contributed by atoms with van der Waals surface area (Å²) in [5, 5.41) is 10.2. The van der Waals surface area contributed by atoms with Crippen LogP contribution in [0.5, 0.6) is 0 Å². The van der Waals surface area contributed by atoms with Crippen molar-refractivity contribution in [1.29, 1.82) is 0 Å². The first-order chi connectivity index (χ1) is 19.4. The standard InChI is InChI=1S/C30H24N4O3S3/c1-3-32-23-16-18(27-31-21-12-10-19(29(36)37)17-25(21)39-27)11-13-22(23)34(20-8-6-5-7-9-20)26(32)15-14-24-28(35)33(4-2)30(38)40-24/h5-17H,3-4H2,1-2H3,(H,36,37)/b24-14-,26-15+. The van der Waals surface area contributed by atoms with Gasteiger partial charge in [-0.2, -0.15) is 0 Å². The molecule has 3 aromatic carbocycles. The zero-order valence-corrected chi connectivity index (χ0v) is 24.1. The Hall–Kier alpha value is -3.99. The lowest BCUT2D eigenvalue weighted by Crippen LogP contribution is -2.27. The third-order valence-electron chi connectivity index (χ3n) is 6.80. The summed E-state index contributed by atoms with van der Waals surface area (Å²) in [5.74, 6) is -0.0912. The number of para-hydroxylation sites is 1. The van der Waals surface area contributed by atoms with Crippen LogP contribution in [-0.2, 0) is 4.79 Å². The fourth-order valence-electron chi connectivity index (χ4n) is 4.89. The molecule has 40 heavy (non-hydrogen) atoms. The average molecular weight is 585 g/mol. The molecule has 1 saturated heterocycles. The highest BCUT2D eigenvalue weighted by Crippen LogP contribution is 2.48. The fourth-order valence-corrected chi connectivity index (χ4v) is 7.22. The van der Waals surface area contributed by atoms with Crippen molar-refractivity contribution in [3.05, 3.63) is 95.2 Å². The average Bonchev–Trinajstić information content (AvgIpc) is 3.61. The number of carboxylic acid groups (broad SMARTS) is 1. The maximum Gasteiger partial charge on any atom is 0.335 e. The number of rotatable bonds is 6. The molecule has 200 valence electrons. The number of thioether (sulfide) groups is 1. The number of likely N-dealkylation sites (N-methyl/N-ethyl adjacent to an activating group) is 1. The van der Waals surface area contributed by atoms with Crippen LogP contribution in [0, 0.1) is 0 Å². The number of fused-ring (bicyclic) bond motifs is 2. The SMILES string of the molecule is CCN1C(=O)/C(=C/C=C2\N(CC)c3cc(-c4nc5ccc(C(=O)O)cc5s4)ccc3N2c2ccccc2)SC1=S. The van der Waals surface area contributed by atoms with Gasteiger partial charge in [-0.05, 0) is 74.5 Å². The van der Waals surface area contributed by atoms with E-state index in [4.69, 9.17) is 17.2 Å². The number of carbonyl (C=O) groups is 2. The Morgan fingerprint density at radius 1 is 0.975 bits per heavy atom. The second-order valence-electron chi connectivity index (χ2n) is 9.10. The molecule has 10 heteroatoms. The van der Waals surface area contributed by atoms with E-state index in [2.05, 4.69) is 41.0 Å². The van der Waals surface area contributed by atoms with E-state index >= 15 is 0 Å². The number of anilines is 3. The van der Waals surface area contributed by atoms with E-state index in [1.807, 2.05) is 43.3 Å². The molecule has 0 saturated carbocycles. The summed E-state index contributed by atoms with van der Waals surface area (Å²) in [4.78, 5) is 35.7. The van der Waals surface area contributed by atoms with Crippen molar-refractivity contribution in [2.24, 2.45) is 0 Å². The number of aromatic carboxylic acids is 1. The molecular weight excluding hydrogens is 561 g/mol. The van der Waals surface area contributed by atoms with Crippen LogP contribution in [0.2, 0.25) is 0 Å². The summed E-state index contributed by atoms with van der Waals surface area (Å²) in [6, 6.07) is 21.4. The van der Waals surface area contributed by atoms with Crippen molar-refractivity contribution in [3.8, 4) is 10.6 Å². The number of hydrogen-bond acceptors (Lipinski definition) is 8. The molecule has 0 bridgehead atoms. The van der Waals surface area contributed by atoms with Crippen LogP contribution in [0.15, 0.2) is 89.6 Å². The first kappa shape index (κ1) is 26.2. The molecule has 0 radical (unpaired) electrons. The lowest BCUT2D eigenvalue weighted by Gasteiger charge is -2.24. The smallest absolute Gasteiger partial charge is 0.335 e. The Balaban J connectivity index is 1.45. The lowest BCUT2D eigenvalue weighted by molar-refractivity contribution is -0.122. The van der Waals surface area contributed by atoms with Gasteiger partial charge in [0.05, 0.1) is 32.1 Å². The minimum absolute atomic E-state index is 0.0663. The van der Waals surface area contributed by atoms with E-state index in [1.165, 1.54) is 23.1 Å². The molecule has 2 aliphatic heterocycles. The number of thiazole rings is 1. The molecule has 0 atom stereocenters. The summed E-state index contributed by atoms with van der Waals surface area (Å²) in [5.41, 5.74) is 5.02. The number of amides is 1. The van der Waals surface area contributed by atoms with E-state index < -0.39 is 5.97 Å². The van der Waals surface area contributed by atoms with Crippen molar-refractivity contribution in [2.75, 3.05) is 22.9 Å². The first-order valence-electron chi connectivity index (χ1n) is 12.8. The number of carboxylic acids is 1. The number of carbonyl (C=O) groups excluding carboxylic acids is 1. The lowest BCUT2D eigenvalue weighted by atomic mass is 10.1. The van der Waals surface area contributed by atoms with Gasteiger partial charge in [0.15, 0.2) is 0 Å². The summed E-state index contributed by atoms with van der Waals surface area (Å²) in [6.45, 7) is 5.27. The predicted molar refractivity (Wildman–Crippen MR) is 167 cm³/mol. The van der Waals surface area contributed by atoms with E-state index in [0.29, 0.717) is 22.3 Å². The highest BCUT2D eigenvalue weighted by atomic mass is 32.2. The number of benzene rings is 3. The van der Waals surface area contributed by atoms with Crippen molar-refractivity contribution in [2.45, 2.75) is 13.8 Å². The van der Waals surface area contributed by atoms with E-state index in [9.17, 15) is 14.7 Å². The number of allylic oxidation sites excluding steroid dienone is 2. The molecule has 3 heterocycles. The largest absolute Gasteiger partial charge is 0.478 e. The minimum Gasteiger partial charge on any atom is -0.478 e. The molecule has 4 aromatic rings. The van der Waals surface area contributed by atoms with Crippen molar-refractivity contribution >= 4 is 78.8 Å². The third kappa shape index (κ3) is 4.47. The quantitative estimate of drug-likeness (QED) is 0.188. The molecule has 0 spiro atoms. The van der Waals surface area contributed by atoms with Crippen LogP contribution in [0.3, 0.4) is 0 Å². The van der Waals surface area contributed by atoms with Crippen LogP contribution in [0.25, 0.3) is 20.8 Å². The molecule has 2 aliphatic rings. The zero-order chi connectivity index (χ0) is 28.0. The molecule has 0 aliphatic carbocycles. The van der Waals surface area contributed by atoms with Crippen LogP contribution >= 0.6 is 35.3 Å². The van der Waals surface area contributed by atoms with Crippen molar-refractivity contribution in [3.63, 3.8) is 0 Å². The van der Waals surface area contributed by atoms with Crippen molar-refractivity contribution in [1.82, 2.24) is 9.88 Å². The van der Waals surface area contributed by atoms with Crippen LogP contribution < -0.4 is 9.80 Å². The third-order valence-corrected chi connectivity index (χ3v) is 9.26. The predicted octanol–water partition coefficient (Wildman–Crippen LogP) is 7.25. The van der Waals surface area contributed by atoms with Crippen LogP contribution in [-0.4, -0.2) is 44.3 Å². The highest BCUT2D eigenvalue weighted by Gasteiger charge is 2.33. The Morgan fingerprint density at radius 2 is 1.75 bits per heavy atom. The number of thiocarbonyl (C=S) groups is 1. The van der Waals surface area contributed by atoms with E-state index in [-0.39, 0.29) is 11.5 Å². The minimum atomic E-state index is -0.954. The second kappa shape index (κ2) is 10.5. The summed E-state index contributed by atoms with van der Waals surface area (Å²) in [6.07, 6.45) is 3.85. The maximum atomic E-state index is 12.9. The molecular formula is C30H24N4O3S3. The Morgan fingerprint density at radius 3 is 2.45 bits per heavy atom. The molecule has 1 amide bonds. The zero-order valence-electron chi connectivity index (χ0n) is 21.7. The molecule has 0 unspecified atom stereocenters. The van der Waals surface area contributed by atoms with E-state index in [0.717, 1.165) is 43.7 Å². The molecule has 1 N–H and O–H groups in total. The van der Waals surface area contributed by atoms with E-state index in [1.54, 1.807) is 23.1 Å². The number of aromatic nitrogens is 1. The van der Waals surface area contributed by atoms with Crippen molar-refractivity contribution < 1.29 is 14.7 Å². The first-order valence-corrected chi connectivity index (χ1v) is 14.8. The normalized spacial score (nSPS) is 17.1. The van der Waals surface area contributed by atoms with Crippen LogP contribution in [0.1, 0.15) is 24.2 Å².